The third-order valence-corrected chi connectivity index (χ3v) is 5.49. The van der Waals surface area contributed by atoms with E-state index in [1.807, 2.05) is 32.0 Å². The fourth-order valence-corrected chi connectivity index (χ4v) is 4.20. The Hall–Kier alpha value is -2.25. The summed E-state index contributed by atoms with van der Waals surface area (Å²) in [4.78, 5) is 12.2. The number of carbonyl (C=O) groups excluding carboxylic acids is 1. The number of amides is 1. The van der Waals surface area contributed by atoms with E-state index >= 15 is 0 Å². The number of halogens is 1. The molecule has 2 N–H and O–H groups in total. The molecule has 2 rings (SSSR count). The molecule has 0 fully saturated rings. The molecule has 0 saturated carbocycles. The minimum absolute atomic E-state index is 0.0184. The topological polar surface area (TPSA) is 84.5 Å². The molecule has 0 aliphatic carbocycles. The molecular formula is C18H21ClN2O4S. The standard InChI is InChI=1S/C18H21ClN2O4S/c1-11-6-5-7-12(2)17(11)21-15(22)10-20-13-8-9-14(25-3)16(19)18(13)26(4,23)24/h5-9,20H,10H2,1-4H3,(H,21,22). The molecular weight excluding hydrogens is 376 g/mol. The number of methoxy groups -OCH3 is 1. The summed E-state index contributed by atoms with van der Waals surface area (Å²) in [6.45, 7) is 3.70. The number of ether oxygens (including phenoxy) is 1. The molecule has 0 aromatic heterocycles. The Labute approximate surface area is 158 Å². The molecule has 0 aliphatic rings. The second-order valence-corrected chi connectivity index (χ2v) is 8.23. The minimum Gasteiger partial charge on any atom is -0.495 e. The summed E-state index contributed by atoms with van der Waals surface area (Å²) in [5, 5.41) is 5.66. The van der Waals surface area contributed by atoms with E-state index in [9.17, 15) is 13.2 Å². The zero-order valence-corrected chi connectivity index (χ0v) is 16.6. The van der Waals surface area contributed by atoms with Crippen molar-refractivity contribution in [3.05, 3.63) is 46.5 Å². The molecule has 0 unspecified atom stereocenters. The minimum atomic E-state index is -3.62. The number of nitrogens with one attached hydrogen (secondary N) is 2. The van der Waals surface area contributed by atoms with Gasteiger partial charge >= 0.3 is 0 Å². The molecule has 0 bridgehead atoms. The van der Waals surface area contributed by atoms with E-state index < -0.39 is 9.84 Å². The van der Waals surface area contributed by atoms with Gasteiger partial charge in [0.25, 0.3) is 0 Å². The highest BCUT2D eigenvalue weighted by atomic mass is 35.5. The molecule has 6 nitrogen and oxygen atoms in total. The summed E-state index contributed by atoms with van der Waals surface area (Å²) < 4.78 is 29.2. The molecule has 1 amide bonds. The molecule has 0 radical (unpaired) electrons. The fourth-order valence-electron chi connectivity index (χ4n) is 2.57. The van der Waals surface area contributed by atoms with Crippen LogP contribution in [0.5, 0.6) is 5.75 Å². The third kappa shape index (κ3) is 4.47. The van der Waals surface area contributed by atoms with Gasteiger partial charge in [-0.05, 0) is 37.1 Å². The van der Waals surface area contributed by atoms with Gasteiger partial charge in [-0.25, -0.2) is 8.42 Å². The number of carbonyl (C=O) groups is 1. The van der Waals surface area contributed by atoms with Gasteiger partial charge in [-0.2, -0.15) is 0 Å². The predicted molar refractivity (Wildman–Crippen MR) is 104 cm³/mol. The van der Waals surface area contributed by atoms with E-state index in [0.29, 0.717) is 0 Å². The van der Waals surface area contributed by atoms with Gasteiger partial charge in [0.05, 0.1) is 19.3 Å². The molecule has 26 heavy (non-hydrogen) atoms. The number of anilines is 2. The van der Waals surface area contributed by atoms with Gasteiger partial charge in [0.1, 0.15) is 15.7 Å². The second-order valence-electron chi connectivity index (χ2n) is 5.90. The van der Waals surface area contributed by atoms with E-state index in [4.69, 9.17) is 16.3 Å². The normalized spacial score (nSPS) is 11.1. The zero-order chi connectivity index (χ0) is 19.5. The lowest BCUT2D eigenvalue weighted by molar-refractivity contribution is -0.114. The number of sulfone groups is 1. The van der Waals surface area contributed by atoms with Gasteiger partial charge in [-0.1, -0.05) is 29.8 Å². The van der Waals surface area contributed by atoms with E-state index in [1.54, 1.807) is 6.07 Å². The van der Waals surface area contributed by atoms with Crippen LogP contribution in [0.1, 0.15) is 11.1 Å². The first-order valence-corrected chi connectivity index (χ1v) is 10.1. The van der Waals surface area contributed by atoms with Crippen LogP contribution in [-0.2, 0) is 14.6 Å². The lowest BCUT2D eigenvalue weighted by atomic mass is 10.1. The molecule has 0 saturated heterocycles. The van der Waals surface area contributed by atoms with Crippen LogP contribution in [0.3, 0.4) is 0 Å². The molecule has 140 valence electrons. The quantitative estimate of drug-likeness (QED) is 0.781. The van der Waals surface area contributed by atoms with Gasteiger partial charge in [0.15, 0.2) is 9.84 Å². The molecule has 0 heterocycles. The molecule has 0 spiro atoms. The first-order chi connectivity index (χ1) is 12.1. The summed E-state index contributed by atoms with van der Waals surface area (Å²) >= 11 is 6.14. The van der Waals surface area contributed by atoms with E-state index in [2.05, 4.69) is 10.6 Å². The van der Waals surface area contributed by atoms with Crippen molar-refractivity contribution in [1.82, 2.24) is 0 Å². The second kappa shape index (κ2) is 7.97. The van der Waals surface area contributed by atoms with Crippen molar-refractivity contribution in [3.8, 4) is 5.75 Å². The van der Waals surface area contributed by atoms with Gasteiger partial charge < -0.3 is 15.4 Å². The van der Waals surface area contributed by atoms with Crippen molar-refractivity contribution in [2.45, 2.75) is 18.7 Å². The van der Waals surface area contributed by atoms with Gasteiger partial charge in [0, 0.05) is 11.9 Å². The molecule has 2 aromatic rings. The van der Waals surface area contributed by atoms with Crippen molar-refractivity contribution >= 4 is 38.7 Å². The van der Waals surface area contributed by atoms with E-state index in [-0.39, 0.29) is 33.8 Å². The summed E-state index contributed by atoms with van der Waals surface area (Å²) in [7, 11) is -2.22. The van der Waals surface area contributed by atoms with Crippen LogP contribution in [0.25, 0.3) is 0 Å². The van der Waals surface area contributed by atoms with Crippen LogP contribution in [0, 0.1) is 13.8 Å². The van der Waals surface area contributed by atoms with Gasteiger partial charge in [0.2, 0.25) is 5.91 Å². The predicted octanol–water partition coefficient (Wildman–Crippen LogP) is 3.42. The monoisotopic (exact) mass is 396 g/mol. The molecule has 0 atom stereocenters. The lowest BCUT2D eigenvalue weighted by Crippen LogP contribution is -2.23. The summed E-state index contributed by atoms with van der Waals surface area (Å²) in [6, 6.07) is 8.79. The first kappa shape index (κ1) is 20.1. The Kier molecular flexibility index (Phi) is 6.15. The van der Waals surface area contributed by atoms with Crippen LogP contribution in [0.4, 0.5) is 11.4 Å². The van der Waals surface area contributed by atoms with Crippen molar-refractivity contribution in [2.24, 2.45) is 0 Å². The maximum Gasteiger partial charge on any atom is 0.243 e. The zero-order valence-electron chi connectivity index (χ0n) is 15.0. The van der Waals surface area contributed by atoms with Crippen LogP contribution in [0.2, 0.25) is 5.02 Å². The Morgan fingerprint density at radius 2 is 1.77 bits per heavy atom. The van der Waals surface area contributed by atoms with Crippen LogP contribution < -0.4 is 15.4 Å². The highest BCUT2D eigenvalue weighted by Crippen LogP contribution is 2.36. The van der Waals surface area contributed by atoms with Gasteiger partial charge in [-0.15, -0.1) is 0 Å². The van der Waals surface area contributed by atoms with E-state index in [1.165, 1.54) is 13.2 Å². The highest BCUT2D eigenvalue weighted by molar-refractivity contribution is 7.91. The van der Waals surface area contributed by atoms with Crippen LogP contribution >= 0.6 is 11.6 Å². The maximum atomic E-state index is 12.3. The molecule has 2 aromatic carbocycles. The SMILES string of the molecule is COc1ccc(NCC(=O)Nc2c(C)cccc2C)c(S(C)(=O)=O)c1Cl. The Bertz CT molecular complexity index is 922. The van der Waals surface area contributed by atoms with Gasteiger partial charge in [-0.3, -0.25) is 4.79 Å². The van der Waals surface area contributed by atoms with Crippen LogP contribution in [-0.4, -0.2) is 34.2 Å². The van der Waals surface area contributed by atoms with Crippen molar-refractivity contribution in [2.75, 3.05) is 30.5 Å². The van der Waals surface area contributed by atoms with Crippen molar-refractivity contribution in [3.63, 3.8) is 0 Å². The Balaban J connectivity index is 2.22. The number of rotatable bonds is 6. The van der Waals surface area contributed by atoms with Crippen molar-refractivity contribution < 1.29 is 17.9 Å². The largest absolute Gasteiger partial charge is 0.495 e. The smallest absolute Gasteiger partial charge is 0.243 e. The summed E-state index contributed by atoms with van der Waals surface area (Å²) in [5.74, 6) is -0.0496. The average Bonchev–Trinajstić information content (AvgIpc) is 2.55. The lowest BCUT2D eigenvalue weighted by Gasteiger charge is -2.15. The van der Waals surface area contributed by atoms with E-state index in [0.717, 1.165) is 23.1 Å². The summed E-state index contributed by atoms with van der Waals surface area (Å²) in [5.41, 5.74) is 2.88. The number of aryl methyl sites for hydroxylation is 2. The Morgan fingerprint density at radius 3 is 2.31 bits per heavy atom. The third-order valence-electron chi connectivity index (χ3n) is 3.84. The van der Waals surface area contributed by atoms with Crippen LogP contribution in [0.15, 0.2) is 35.2 Å². The fraction of sp³-hybridized carbons (Fsp3) is 0.278. The Morgan fingerprint density at radius 1 is 1.15 bits per heavy atom. The maximum absolute atomic E-state index is 12.3. The number of para-hydroxylation sites is 1. The number of hydrogen-bond acceptors (Lipinski definition) is 5. The number of hydrogen-bond donors (Lipinski definition) is 2. The first-order valence-electron chi connectivity index (χ1n) is 7.81. The molecule has 0 aliphatic heterocycles. The molecule has 8 heteroatoms. The average molecular weight is 397 g/mol. The summed E-state index contributed by atoms with van der Waals surface area (Å²) in [6.07, 6.45) is 1.05. The highest BCUT2D eigenvalue weighted by Gasteiger charge is 2.21. The number of benzene rings is 2. The van der Waals surface area contributed by atoms with Crippen molar-refractivity contribution in [1.29, 1.82) is 0 Å².